The number of hydrogen-bond donors (Lipinski definition) is 3. The zero-order valence-corrected chi connectivity index (χ0v) is 19.4. The summed E-state index contributed by atoms with van der Waals surface area (Å²) in [4.78, 5) is 30.5. The van der Waals surface area contributed by atoms with Crippen molar-refractivity contribution in [3.8, 4) is 33.9 Å². The van der Waals surface area contributed by atoms with Gasteiger partial charge < -0.3 is 15.4 Å². The SMILES string of the molecule is C/C=C/c1ccc(-c2[nH]c(-c3ccc(NC(C)=O)cc3)nc2-c2ccc(/C=C/C(=O)O)cc2)cc1. The van der Waals surface area contributed by atoms with Gasteiger partial charge in [-0.25, -0.2) is 9.78 Å². The number of imidazole rings is 1. The van der Waals surface area contributed by atoms with Crippen LogP contribution >= 0.6 is 0 Å². The van der Waals surface area contributed by atoms with E-state index in [1.807, 2.05) is 67.6 Å². The summed E-state index contributed by atoms with van der Waals surface area (Å²) in [6.45, 7) is 3.46. The van der Waals surface area contributed by atoms with E-state index < -0.39 is 5.97 Å². The van der Waals surface area contributed by atoms with E-state index in [9.17, 15) is 9.59 Å². The quantitative estimate of drug-likeness (QED) is 0.273. The molecule has 0 fully saturated rings. The molecule has 0 unspecified atom stereocenters. The van der Waals surface area contributed by atoms with Crippen molar-refractivity contribution >= 4 is 29.7 Å². The summed E-state index contributed by atoms with van der Waals surface area (Å²) < 4.78 is 0. The summed E-state index contributed by atoms with van der Waals surface area (Å²) in [5.74, 6) is -0.403. The molecular weight excluding hydrogens is 438 g/mol. The number of nitrogens with zero attached hydrogens (tertiary/aromatic N) is 1. The Kier molecular flexibility index (Phi) is 7.02. The summed E-state index contributed by atoms with van der Waals surface area (Å²) in [6.07, 6.45) is 6.71. The Morgan fingerprint density at radius 2 is 1.40 bits per heavy atom. The number of rotatable bonds is 7. The van der Waals surface area contributed by atoms with E-state index >= 15 is 0 Å². The predicted molar refractivity (Wildman–Crippen MR) is 141 cm³/mol. The van der Waals surface area contributed by atoms with E-state index in [1.165, 1.54) is 6.92 Å². The number of carbonyl (C=O) groups is 2. The maximum Gasteiger partial charge on any atom is 0.328 e. The molecule has 3 N–H and O–H groups in total. The second-order valence-corrected chi connectivity index (χ2v) is 7.98. The van der Waals surface area contributed by atoms with Crippen LogP contribution in [-0.4, -0.2) is 27.0 Å². The number of amides is 1. The van der Waals surface area contributed by atoms with Crippen molar-refractivity contribution in [3.63, 3.8) is 0 Å². The van der Waals surface area contributed by atoms with E-state index in [0.717, 1.165) is 51.0 Å². The van der Waals surface area contributed by atoms with Crippen LogP contribution in [0.15, 0.2) is 84.9 Å². The van der Waals surface area contributed by atoms with Gasteiger partial charge in [0.2, 0.25) is 5.91 Å². The summed E-state index contributed by atoms with van der Waals surface area (Å²) in [5, 5.41) is 11.6. The second-order valence-electron chi connectivity index (χ2n) is 7.98. The van der Waals surface area contributed by atoms with Gasteiger partial charge in [0.15, 0.2) is 0 Å². The Labute approximate surface area is 203 Å². The van der Waals surface area contributed by atoms with Crippen LogP contribution in [0.3, 0.4) is 0 Å². The molecule has 1 heterocycles. The van der Waals surface area contributed by atoms with Crippen LogP contribution in [0.2, 0.25) is 0 Å². The van der Waals surface area contributed by atoms with Gasteiger partial charge in [-0.05, 0) is 48.4 Å². The molecule has 1 amide bonds. The number of aliphatic carboxylic acids is 1. The first kappa shape index (κ1) is 23.4. The molecule has 0 aliphatic carbocycles. The average molecular weight is 464 g/mol. The fourth-order valence-corrected chi connectivity index (χ4v) is 3.72. The summed E-state index contributed by atoms with van der Waals surface area (Å²) in [6, 6.07) is 23.3. The molecule has 174 valence electrons. The molecule has 0 saturated carbocycles. The number of carbonyl (C=O) groups excluding carboxylic acids is 1. The Morgan fingerprint density at radius 1 is 0.829 bits per heavy atom. The smallest absolute Gasteiger partial charge is 0.328 e. The van der Waals surface area contributed by atoms with Gasteiger partial charge in [0, 0.05) is 35.4 Å². The van der Waals surface area contributed by atoms with Gasteiger partial charge in [0.05, 0.1) is 11.4 Å². The monoisotopic (exact) mass is 463 g/mol. The molecule has 4 aromatic rings. The normalized spacial score (nSPS) is 11.3. The highest BCUT2D eigenvalue weighted by Crippen LogP contribution is 2.34. The lowest BCUT2D eigenvalue weighted by molar-refractivity contribution is -0.131. The fraction of sp³-hybridized carbons (Fsp3) is 0.0690. The number of anilines is 1. The van der Waals surface area contributed by atoms with Crippen molar-refractivity contribution in [3.05, 3.63) is 96.1 Å². The maximum absolute atomic E-state index is 11.3. The van der Waals surface area contributed by atoms with Crippen LogP contribution in [0.4, 0.5) is 5.69 Å². The fourth-order valence-electron chi connectivity index (χ4n) is 3.72. The molecule has 0 bridgehead atoms. The number of hydrogen-bond acceptors (Lipinski definition) is 3. The Hall–Kier alpha value is -4.71. The summed E-state index contributed by atoms with van der Waals surface area (Å²) in [5.41, 5.74) is 7.08. The van der Waals surface area contributed by atoms with Gasteiger partial charge in [0.1, 0.15) is 5.82 Å². The molecule has 0 atom stereocenters. The zero-order valence-electron chi connectivity index (χ0n) is 19.4. The highest BCUT2D eigenvalue weighted by molar-refractivity contribution is 5.89. The van der Waals surface area contributed by atoms with Crippen molar-refractivity contribution in [1.82, 2.24) is 9.97 Å². The highest BCUT2D eigenvalue weighted by Gasteiger charge is 2.15. The topological polar surface area (TPSA) is 95.1 Å². The number of benzene rings is 3. The zero-order chi connectivity index (χ0) is 24.8. The number of carboxylic acid groups (broad SMARTS) is 1. The third-order valence-corrected chi connectivity index (χ3v) is 5.34. The van der Waals surface area contributed by atoms with Crippen molar-refractivity contribution < 1.29 is 14.7 Å². The molecule has 1 aromatic heterocycles. The first-order chi connectivity index (χ1) is 16.9. The number of aromatic nitrogens is 2. The molecule has 0 spiro atoms. The Bertz CT molecular complexity index is 1400. The van der Waals surface area contributed by atoms with Crippen molar-refractivity contribution in [2.45, 2.75) is 13.8 Å². The maximum atomic E-state index is 11.3. The van der Waals surface area contributed by atoms with Crippen LogP contribution in [0.1, 0.15) is 25.0 Å². The number of H-pyrrole nitrogens is 1. The lowest BCUT2D eigenvalue weighted by Crippen LogP contribution is -2.05. The van der Waals surface area contributed by atoms with Crippen LogP contribution in [0.5, 0.6) is 0 Å². The highest BCUT2D eigenvalue weighted by atomic mass is 16.4. The predicted octanol–water partition coefficient (Wildman–Crippen LogP) is 6.50. The van der Waals surface area contributed by atoms with Gasteiger partial charge in [-0.3, -0.25) is 4.79 Å². The molecule has 6 nitrogen and oxygen atoms in total. The van der Waals surface area contributed by atoms with E-state index in [2.05, 4.69) is 34.6 Å². The lowest BCUT2D eigenvalue weighted by Gasteiger charge is -2.05. The number of nitrogens with one attached hydrogen (secondary N) is 2. The Balaban J connectivity index is 1.75. The molecule has 6 heteroatoms. The van der Waals surface area contributed by atoms with E-state index in [0.29, 0.717) is 5.82 Å². The molecule has 0 saturated heterocycles. The van der Waals surface area contributed by atoms with E-state index in [4.69, 9.17) is 10.1 Å². The molecule has 35 heavy (non-hydrogen) atoms. The standard InChI is InChI=1S/C29H25N3O3/c1-3-4-20-5-10-22(11-6-20)27-28(23-12-7-21(8-13-23)9-18-26(34)35)32-29(31-27)24-14-16-25(17-15-24)30-19(2)33/h3-18H,1-2H3,(H,30,33)(H,31,32)(H,34,35)/b4-3+,18-9+. The number of aromatic amines is 1. The van der Waals surface area contributed by atoms with Crippen LogP contribution in [0.25, 0.3) is 46.1 Å². The first-order valence-electron chi connectivity index (χ1n) is 11.2. The number of allylic oxidation sites excluding steroid dienone is 1. The van der Waals surface area contributed by atoms with Gasteiger partial charge in [-0.15, -0.1) is 0 Å². The minimum atomic E-state index is -0.987. The second kappa shape index (κ2) is 10.5. The molecule has 0 aliphatic heterocycles. The summed E-state index contributed by atoms with van der Waals surface area (Å²) in [7, 11) is 0. The average Bonchev–Trinajstić information content (AvgIpc) is 3.29. The van der Waals surface area contributed by atoms with Crippen LogP contribution < -0.4 is 5.32 Å². The Morgan fingerprint density at radius 3 is 1.97 bits per heavy atom. The van der Waals surface area contributed by atoms with Crippen LogP contribution in [-0.2, 0) is 9.59 Å². The van der Waals surface area contributed by atoms with Gasteiger partial charge in [-0.1, -0.05) is 60.7 Å². The van der Waals surface area contributed by atoms with Crippen LogP contribution in [0, 0.1) is 0 Å². The minimum absolute atomic E-state index is 0.122. The third-order valence-electron chi connectivity index (χ3n) is 5.34. The number of carboxylic acids is 1. The van der Waals surface area contributed by atoms with Gasteiger partial charge in [-0.2, -0.15) is 0 Å². The molecule has 0 radical (unpaired) electrons. The van der Waals surface area contributed by atoms with E-state index in [1.54, 1.807) is 6.08 Å². The molecule has 3 aromatic carbocycles. The van der Waals surface area contributed by atoms with E-state index in [-0.39, 0.29) is 5.91 Å². The van der Waals surface area contributed by atoms with Gasteiger partial charge >= 0.3 is 5.97 Å². The summed E-state index contributed by atoms with van der Waals surface area (Å²) >= 11 is 0. The van der Waals surface area contributed by atoms with Crippen molar-refractivity contribution in [2.75, 3.05) is 5.32 Å². The van der Waals surface area contributed by atoms with Crippen molar-refractivity contribution in [1.29, 1.82) is 0 Å². The largest absolute Gasteiger partial charge is 0.478 e. The first-order valence-corrected chi connectivity index (χ1v) is 11.2. The third kappa shape index (κ3) is 5.81. The minimum Gasteiger partial charge on any atom is -0.478 e. The lowest BCUT2D eigenvalue weighted by atomic mass is 10.0. The molecule has 0 aliphatic rings. The van der Waals surface area contributed by atoms with Crippen molar-refractivity contribution in [2.24, 2.45) is 0 Å². The molecule has 4 rings (SSSR count). The van der Waals surface area contributed by atoms with Gasteiger partial charge in [0.25, 0.3) is 0 Å². The molecular formula is C29H25N3O3.